The van der Waals surface area contributed by atoms with E-state index >= 15 is 0 Å². The Labute approximate surface area is 196 Å². The molecule has 0 saturated heterocycles. The molecule has 0 aromatic carbocycles. The Kier molecular flexibility index (Phi) is 5.19. The summed E-state index contributed by atoms with van der Waals surface area (Å²) >= 11 is 1.85. The van der Waals surface area contributed by atoms with Gasteiger partial charge in [0.25, 0.3) is 5.91 Å². The summed E-state index contributed by atoms with van der Waals surface area (Å²) in [5.74, 6) is 1.09. The van der Waals surface area contributed by atoms with Gasteiger partial charge in [0.2, 0.25) is 0 Å². The van der Waals surface area contributed by atoms with Crippen LogP contribution in [-0.4, -0.2) is 50.2 Å². The normalized spacial score (nSPS) is 16.2. The van der Waals surface area contributed by atoms with Crippen molar-refractivity contribution >= 4 is 28.3 Å². The summed E-state index contributed by atoms with van der Waals surface area (Å²) in [4.78, 5) is 26.6. The topological polar surface area (TPSA) is 75.9 Å². The second-order valence-corrected chi connectivity index (χ2v) is 9.90. The fraction of sp³-hybridized carbons (Fsp3) is 0.360. The zero-order valence-electron chi connectivity index (χ0n) is 18.6. The summed E-state index contributed by atoms with van der Waals surface area (Å²) in [5, 5.41) is 10.8. The van der Waals surface area contributed by atoms with Crippen molar-refractivity contribution < 1.29 is 4.79 Å². The first-order valence-corrected chi connectivity index (χ1v) is 12.4. The molecule has 4 aromatic rings. The fourth-order valence-corrected chi connectivity index (χ4v) is 5.52. The second kappa shape index (κ2) is 8.35. The van der Waals surface area contributed by atoms with Crippen molar-refractivity contribution in [2.75, 3.05) is 19.6 Å². The Hall–Kier alpha value is -3.10. The smallest absolute Gasteiger partial charge is 0.252 e. The zero-order valence-corrected chi connectivity index (χ0v) is 19.4. The van der Waals surface area contributed by atoms with E-state index in [1.165, 1.54) is 10.4 Å². The average molecular weight is 459 g/mol. The molecule has 1 amide bonds. The molecule has 0 bridgehead atoms. The molecule has 0 atom stereocenters. The first-order chi connectivity index (χ1) is 16.2. The van der Waals surface area contributed by atoms with Gasteiger partial charge in [-0.2, -0.15) is 9.78 Å². The Morgan fingerprint density at radius 2 is 2.18 bits per heavy atom. The van der Waals surface area contributed by atoms with Gasteiger partial charge in [-0.1, -0.05) is 6.07 Å². The van der Waals surface area contributed by atoms with Gasteiger partial charge in [0.1, 0.15) is 0 Å². The number of carbonyl (C=O) groups excluding carboxylic acids is 1. The van der Waals surface area contributed by atoms with Crippen molar-refractivity contribution in [1.29, 1.82) is 0 Å². The maximum atomic E-state index is 13.3. The minimum absolute atomic E-state index is 0.0544. The number of thiophene rings is 1. The molecular weight excluding hydrogens is 432 g/mol. The van der Waals surface area contributed by atoms with Crippen LogP contribution in [0.25, 0.3) is 16.9 Å². The van der Waals surface area contributed by atoms with Crippen LogP contribution in [0.4, 0.5) is 0 Å². The molecule has 1 N–H and O–H groups in total. The standard InChI is InChI=1S/C25H26N6OS/c1-16-23-19(25(32)27-10-12-30-11-7-21-18(15-30)8-13-33-21)14-20(17-5-6-17)28-24(23)31(29-16)22-4-2-3-9-26-22/h2-4,8-9,13-14,17H,5-7,10-12,15H2,1H3,(H,27,32). The van der Waals surface area contributed by atoms with Crippen LogP contribution in [0.2, 0.25) is 0 Å². The molecule has 7 nitrogen and oxygen atoms in total. The molecular formula is C25H26N6OS. The number of carbonyl (C=O) groups is 1. The first-order valence-electron chi connectivity index (χ1n) is 11.5. The predicted molar refractivity (Wildman–Crippen MR) is 129 cm³/mol. The number of pyridine rings is 2. The summed E-state index contributed by atoms with van der Waals surface area (Å²) in [7, 11) is 0. The van der Waals surface area contributed by atoms with Crippen molar-refractivity contribution in [2.24, 2.45) is 0 Å². The predicted octanol–water partition coefficient (Wildman–Crippen LogP) is 3.85. The maximum absolute atomic E-state index is 13.3. The summed E-state index contributed by atoms with van der Waals surface area (Å²) in [6.45, 7) is 5.41. The van der Waals surface area contributed by atoms with Crippen molar-refractivity contribution in [3.8, 4) is 5.82 Å². The molecule has 5 heterocycles. The van der Waals surface area contributed by atoms with Gasteiger partial charge in [0.05, 0.1) is 16.6 Å². The molecule has 0 spiro atoms. The van der Waals surface area contributed by atoms with Gasteiger partial charge in [-0.25, -0.2) is 9.97 Å². The Bertz CT molecular complexity index is 1320. The highest BCUT2D eigenvalue weighted by Crippen LogP contribution is 2.40. The van der Waals surface area contributed by atoms with Gasteiger partial charge in [0, 0.05) is 48.9 Å². The maximum Gasteiger partial charge on any atom is 0.252 e. The molecule has 8 heteroatoms. The van der Waals surface area contributed by atoms with E-state index in [2.05, 4.69) is 26.6 Å². The molecule has 4 aromatic heterocycles. The van der Waals surface area contributed by atoms with Crippen LogP contribution in [0, 0.1) is 6.92 Å². The van der Waals surface area contributed by atoms with E-state index < -0.39 is 0 Å². The van der Waals surface area contributed by atoms with Gasteiger partial charge < -0.3 is 5.32 Å². The summed E-state index contributed by atoms with van der Waals surface area (Å²) < 4.78 is 1.76. The van der Waals surface area contributed by atoms with Crippen molar-refractivity contribution in [1.82, 2.24) is 30.0 Å². The average Bonchev–Trinajstić information content (AvgIpc) is 3.50. The van der Waals surface area contributed by atoms with Gasteiger partial charge >= 0.3 is 0 Å². The second-order valence-electron chi connectivity index (χ2n) is 8.90. The fourth-order valence-electron chi connectivity index (χ4n) is 4.63. The highest BCUT2D eigenvalue weighted by Gasteiger charge is 2.29. The zero-order chi connectivity index (χ0) is 22.4. The lowest BCUT2D eigenvalue weighted by atomic mass is 10.1. The van der Waals surface area contributed by atoms with Crippen LogP contribution >= 0.6 is 11.3 Å². The van der Waals surface area contributed by atoms with E-state index in [1.807, 2.05) is 42.5 Å². The van der Waals surface area contributed by atoms with Crippen LogP contribution in [0.15, 0.2) is 41.9 Å². The van der Waals surface area contributed by atoms with Crippen molar-refractivity contribution in [3.63, 3.8) is 0 Å². The van der Waals surface area contributed by atoms with Gasteiger partial charge in [-0.05, 0) is 61.4 Å². The highest BCUT2D eigenvalue weighted by atomic mass is 32.1. The molecule has 168 valence electrons. The third-order valence-corrected chi connectivity index (χ3v) is 7.56. The van der Waals surface area contributed by atoms with E-state index in [4.69, 9.17) is 10.1 Å². The van der Waals surface area contributed by atoms with E-state index in [0.717, 1.165) is 55.7 Å². The largest absolute Gasteiger partial charge is 0.351 e. The van der Waals surface area contributed by atoms with Crippen LogP contribution in [-0.2, 0) is 13.0 Å². The van der Waals surface area contributed by atoms with E-state index in [0.29, 0.717) is 29.5 Å². The summed E-state index contributed by atoms with van der Waals surface area (Å²) in [6, 6.07) is 9.93. The lowest BCUT2D eigenvalue weighted by molar-refractivity contribution is 0.0949. The molecule has 33 heavy (non-hydrogen) atoms. The lowest BCUT2D eigenvalue weighted by Gasteiger charge is -2.26. The quantitative estimate of drug-likeness (QED) is 0.475. The number of hydrogen-bond donors (Lipinski definition) is 1. The summed E-state index contributed by atoms with van der Waals surface area (Å²) in [5.41, 5.74) is 4.57. The molecule has 0 unspecified atom stereocenters. The third kappa shape index (κ3) is 3.94. The van der Waals surface area contributed by atoms with E-state index in [-0.39, 0.29) is 5.91 Å². The van der Waals surface area contributed by atoms with Crippen molar-refractivity contribution in [3.05, 3.63) is 69.3 Å². The van der Waals surface area contributed by atoms with Gasteiger partial charge in [0.15, 0.2) is 11.5 Å². The first kappa shape index (κ1) is 20.5. The van der Waals surface area contributed by atoms with Crippen LogP contribution in [0.5, 0.6) is 0 Å². The molecule has 2 aliphatic rings. The number of aromatic nitrogens is 4. The number of hydrogen-bond acceptors (Lipinski definition) is 6. The number of amides is 1. The van der Waals surface area contributed by atoms with Gasteiger partial charge in [-0.15, -0.1) is 11.3 Å². The monoisotopic (exact) mass is 458 g/mol. The van der Waals surface area contributed by atoms with Crippen molar-refractivity contribution in [2.45, 2.75) is 38.6 Å². The van der Waals surface area contributed by atoms with Crippen LogP contribution in [0.1, 0.15) is 50.9 Å². The number of aryl methyl sites for hydroxylation is 1. The minimum atomic E-state index is -0.0544. The number of nitrogens with one attached hydrogen (secondary N) is 1. The van der Waals surface area contributed by atoms with E-state index in [9.17, 15) is 4.79 Å². The van der Waals surface area contributed by atoms with E-state index in [1.54, 1.807) is 10.9 Å². The lowest BCUT2D eigenvalue weighted by Crippen LogP contribution is -2.37. The molecule has 1 fully saturated rings. The number of rotatable bonds is 6. The number of fused-ring (bicyclic) bond motifs is 2. The molecule has 1 aliphatic heterocycles. The van der Waals surface area contributed by atoms with Crippen LogP contribution in [0.3, 0.4) is 0 Å². The molecule has 6 rings (SSSR count). The van der Waals surface area contributed by atoms with Gasteiger partial charge in [-0.3, -0.25) is 9.69 Å². The Morgan fingerprint density at radius 3 is 3.00 bits per heavy atom. The molecule has 0 radical (unpaired) electrons. The Balaban J connectivity index is 1.26. The SMILES string of the molecule is Cc1nn(-c2ccccn2)c2nc(C3CC3)cc(C(=O)NCCN3CCc4sccc4C3)c12. The third-order valence-electron chi connectivity index (χ3n) is 6.54. The molecule has 1 saturated carbocycles. The number of nitrogens with zero attached hydrogens (tertiary/aromatic N) is 5. The minimum Gasteiger partial charge on any atom is -0.351 e. The van der Waals surface area contributed by atoms with Crippen LogP contribution < -0.4 is 5.32 Å². The summed E-state index contributed by atoms with van der Waals surface area (Å²) in [6.07, 6.45) is 5.09. The Morgan fingerprint density at radius 1 is 1.27 bits per heavy atom. The molecule has 1 aliphatic carbocycles. The highest BCUT2D eigenvalue weighted by molar-refractivity contribution is 7.10.